The Hall–Kier alpha value is -5.81. The number of rotatable bonds is 2. The lowest BCUT2D eigenvalue weighted by Gasteiger charge is -2.09. The van der Waals surface area contributed by atoms with Crippen molar-refractivity contribution in [2.24, 2.45) is 0 Å². The third-order valence-corrected chi connectivity index (χ3v) is 8.56. The Labute approximate surface area is 238 Å². The number of oxazole rings is 1. The topological polar surface area (TPSA) is 49.0 Å². The van der Waals surface area contributed by atoms with Crippen molar-refractivity contribution >= 4 is 76.6 Å². The number of hydrogen-bond donors (Lipinski definition) is 0. The molecule has 6 aromatic carbocycles. The molecule has 0 saturated carbocycles. The van der Waals surface area contributed by atoms with Gasteiger partial charge in [-0.25, -0.2) is 0 Å². The zero-order valence-electron chi connectivity index (χ0n) is 22.3. The molecule has 10 rings (SSSR count). The fourth-order valence-electron chi connectivity index (χ4n) is 6.85. The van der Waals surface area contributed by atoms with Gasteiger partial charge in [0, 0.05) is 32.6 Å². The highest BCUT2D eigenvalue weighted by Crippen LogP contribution is 2.42. The maximum absolute atomic E-state index is 6.54. The Kier molecular flexibility index (Phi) is 4.12. The molecule has 0 unspecified atom stereocenters. The van der Waals surface area contributed by atoms with E-state index < -0.39 is 0 Å². The highest BCUT2D eigenvalue weighted by atomic mass is 16.4. The molecule has 0 aliphatic heterocycles. The van der Waals surface area contributed by atoms with Crippen LogP contribution >= 0.6 is 0 Å². The zero-order chi connectivity index (χ0) is 27.4. The predicted octanol–water partition coefficient (Wildman–Crippen LogP) is 9.92. The first-order valence-corrected chi connectivity index (χ1v) is 14.1. The van der Waals surface area contributed by atoms with E-state index in [0.717, 1.165) is 55.1 Å². The van der Waals surface area contributed by atoms with Crippen molar-refractivity contribution in [2.75, 3.05) is 0 Å². The first-order valence-electron chi connectivity index (χ1n) is 14.1. The summed E-state index contributed by atoms with van der Waals surface area (Å²) < 4.78 is 17.2. The number of benzene rings is 6. The fourth-order valence-corrected chi connectivity index (χ4v) is 6.85. The van der Waals surface area contributed by atoms with Crippen LogP contribution in [0.5, 0.6) is 0 Å². The Morgan fingerprint density at radius 3 is 1.98 bits per heavy atom. The molecule has 4 aromatic heterocycles. The van der Waals surface area contributed by atoms with Gasteiger partial charge in [0.2, 0.25) is 0 Å². The molecule has 0 N–H and O–H groups in total. The number of para-hydroxylation sites is 4. The molecule has 0 aliphatic rings. The van der Waals surface area contributed by atoms with Crippen LogP contribution in [0.25, 0.3) is 88.4 Å². The monoisotopic (exact) mass is 539 g/mol. The smallest absolute Gasteiger partial charge is 0.307 e. The average Bonchev–Trinajstić information content (AvgIpc) is 3.79. The van der Waals surface area contributed by atoms with Gasteiger partial charge in [-0.3, -0.25) is 4.57 Å². The van der Waals surface area contributed by atoms with Gasteiger partial charge >= 0.3 is 6.01 Å². The molecule has 0 amide bonds. The molecule has 4 heterocycles. The average molecular weight is 540 g/mol. The standard InChI is InChI=1S/C37H21N3O2/c1-2-10-22(11-3-1)39-27-15-7-4-12-23(27)24-18-19-29-33(36(24)39)25-13-5-8-16-28(25)40(29)37-38-35-32(42-37)21-20-31-34(35)26-14-6-9-17-30(26)41-31/h1-21H. The minimum Gasteiger partial charge on any atom is -0.456 e. The van der Waals surface area contributed by atoms with E-state index in [1.54, 1.807) is 0 Å². The lowest BCUT2D eigenvalue weighted by Crippen LogP contribution is -1.95. The SMILES string of the molecule is c1ccc(-n2c3ccccc3c3ccc4c(c5ccccc5n4-c4nc5c(ccc6oc7ccccc7c65)o4)c32)cc1. The summed E-state index contributed by atoms with van der Waals surface area (Å²) in [6.07, 6.45) is 0. The maximum Gasteiger partial charge on any atom is 0.307 e. The van der Waals surface area contributed by atoms with Crippen LogP contribution in [-0.2, 0) is 0 Å². The molecule has 42 heavy (non-hydrogen) atoms. The molecule has 0 atom stereocenters. The second-order valence-corrected chi connectivity index (χ2v) is 10.8. The summed E-state index contributed by atoms with van der Waals surface area (Å²) in [4.78, 5) is 5.14. The second-order valence-electron chi connectivity index (χ2n) is 10.8. The van der Waals surface area contributed by atoms with E-state index in [1.165, 1.54) is 27.2 Å². The van der Waals surface area contributed by atoms with Crippen molar-refractivity contribution in [1.82, 2.24) is 14.1 Å². The van der Waals surface area contributed by atoms with Crippen molar-refractivity contribution in [2.45, 2.75) is 0 Å². The van der Waals surface area contributed by atoms with Crippen molar-refractivity contribution in [3.63, 3.8) is 0 Å². The van der Waals surface area contributed by atoms with Gasteiger partial charge < -0.3 is 13.4 Å². The molecule has 5 heteroatoms. The van der Waals surface area contributed by atoms with Crippen LogP contribution in [0.4, 0.5) is 0 Å². The second kappa shape index (κ2) is 7.89. The summed E-state index contributed by atoms with van der Waals surface area (Å²) in [5, 5.41) is 6.78. The van der Waals surface area contributed by atoms with Gasteiger partial charge in [-0.1, -0.05) is 78.9 Å². The highest BCUT2D eigenvalue weighted by molar-refractivity contribution is 6.26. The molecule has 10 aromatic rings. The van der Waals surface area contributed by atoms with Gasteiger partial charge in [0.15, 0.2) is 5.58 Å². The van der Waals surface area contributed by atoms with E-state index in [-0.39, 0.29) is 0 Å². The number of fused-ring (bicyclic) bond motifs is 12. The van der Waals surface area contributed by atoms with E-state index in [9.17, 15) is 0 Å². The lowest BCUT2D eigenvalue weighted by atomic mass is 10.1. The molecule has 0 saturated heterocycles. The summed E-state index contributed by atoms with van der Waals surface area (Å²) in [5.74, 6) is 0. The minimum absolute atomic E-state index is 0.538. The Bertz CT molecular complexity index is 2690. The van der Waals surface area contributed by atoms with Gasteiger partial charge in [0.25, 0.3) is 0 Å². The molecule has 0 fully saturated rings. The molecule has 0 spiro atoms. The first kappa shape index (κ1) is 21.9. The predicted molar refractivity (Wildman–Crippen MR) is 170 cm³/mol. The summed E-state index contributed by atoms with van der Waals surface area (Å²) >= 11 is 0. The molecule has 5 nitrogen and oxygen atoms in total. The Morgan fingerprint density at radius 1 is 0.429 bits per heavy atom. The third-order valence-electron chi connectivity index (χ3n) is 8.56. The Balaban J connectivity index is 1.37. The number of aromatic nitrogens is 3. The fraction of sp³-hybridized carbons (Fsp3) is 0. The number of nitrogens with zero attached hydrogens (tertiary/aromatic N) is 3. The van der Waals surface area contributed by atoms with Gasteiger partial charge in [0.05, 0.1) is 27.5 Å². The molecular weight excluding hydrogens is 518 g/mol. The van der Waals surface area contributed by atoms with Crippen molar-refractivity contribution < 1.29 is 8.83 Å². The van der Waals surface area contributed by atoms with Crippen LogP contribution in [0.2, 0.25) is 0 Å². The molecule has 0 radical (unpaired) electrons. The van der Waals surface area contributed by atoms with Gasteiger partial charge in [0.1, 0.15) is 16.7 Å². The van der Waals surface area contributed by atoms with E-state index in [1.807, 2.05) is 30.3 Å². The van der Waals surface area contributed by atoms with E-state index in [0.29, 0.717) is 6.01 Å². The first-order chi connectivity index (χ1) is 20.8. The van der Waals surface area contributed by atoms with Crippen LogP contribution in [-0.4, -0.2) is 14.1 Å². The third kappa shape index (κ3) is 2.74. The normalized spacial score (nSPS) is 12.3. The molecule has 0 bridgehead atoms. The van der Waals surface area contributed by atoms with Crippen molar-refractivity contribution in [3.8, 4) is 11.7 Å². The lowest BCUT2D eigenvalue weighted by molar-refractivity contribution is 0.574. The summed E-state index contributed by atoms with van der Waals surface area (Å²) in [6.45, 7) is 0. The number of hydrogen-bond acceptors (Lipinski definition) is 3. The molecule has 0 aliphatic carbocycles. The van der Waals surface area contributed by atoms with E-state index in [4.69, 9.17) is 13.8 Å². The quantitative estimate of drug-likeness (QED) is 0.220. The largest absolute Gasteiger partial charge is 0.456 e. The molecular formula is C37H21N3O2. The van der Waals surface area contributed by atoms with Crippen LogP contribution in [0.1, 0.15) is 0 Å². The van der Waals surface area contributed by atoms with Crippen LogP contribution < -0.4 is 0 Å². The van der Waals surface area contributed by atoms with Crippen LogP contribution in [0.15, 0.2) is 136 Å². The molecule has 196 valence electrons. The minimum atomic E-state index is 0.538. The zero-order valence-corrected chi connectivity index (χ0v) is 22.3. The van der Waals surface area contributed by atoms with Gasteiger partial charge in [-0.05, 0) is 48.5 Å². The van der Waals surface area contributed by atoms with E-state index in [2.05, 4.69) is 106 Å². The van der Waals surface area contributed by atoms with Gasteiger partial charge in [-0.15, -0.1) is 0 Å². The van der Waals surface area contributed by atoms with E-state index >= 15 is 0 Å². The van der Waals surface area contributed by atoms with Crippen molar-refractivity contribution in [3.05, 3.63) is 127 Å². The van der Waals surface area contributed by atoms with Crippen LogP contribution in [0, 0.1) is 0 Å². The van der Waals surface area contributed by atoms with Crippen molar-refractivity contribution in [1.29, 1.82) is 0 Å². The van der Waals surface area contributed by atoms with Crippen LogP contribution in [0.3, 0.4) is 0 Å². The highest BCUT2D eigenvalue weighted by Gasteiger charge is 2.23. The number of furan rings is 1. The van der Waals surface area contributed by atoms with Gasteiger partial charge in [-0.2, -0.15) is 4.98 Å². The summed E-state index contributed by atoms with van der Waals surface area (Å²) in [5.41, 5.74) is 8.76. The Morgan fingerprint density at radius 2 is 1.12 bits per heavy atom. The maximum atomic E-state index is 6.54. The summed E-state index contributed by atoms with van der Waals surface area (Å²) in [6, 6.07) is 44.8. The summed E-state index contributed by atoms with van der Waals surface area (Å²) in [7, 11) is 0.